The molecule has 1 aliphatic heterocycles. The number of aromatic nitrogens is 3. The smallest absolute Gasteiger partial charge is 0.336 e. The first kappa shape index (κ1) is 25.9. The number of benzene rings is 3. The van der Waals surface area contributed by atoms with Crippen molar-refractivity contribution in [3.05, 3.63) is 81.4 Å². The van der Waals surface area contributed by atoms with Gasteiger partial charge >= 0.3 is 6.01 Å². The Balaban J connectivity index is 1.39. The minimum Gasteiger partial charge on any atom is -0.460 e. The van der Waals surface area contributed by atoms with Gasteiger partial charge in [-0.2, -0.15) is 4.98 Å². The number of hydrogen-bond donors (Lipinski definition) is 1. The van der Waals surface area contributed by atoms with Gasteiger partial charge in [0.05, 0.1) is 17.2 Å². The SMILES string of the molecule is CCOCCOc1nc(-c2ccc3c(c2)OCO3)n(-c2ccc(NC(=O)c3ccc(Cl)c([N+](=O)[O-])c3)cc2)n1. The van der Waals surface area contributed by atoms with Crippen LogP contribution in [0, 0.1) is 10.1 Å². The second-order valence-electron chi connectivity index (χ2n) is 8.17. The van der Waals surface area contributed by atoms with E-state index in [1.165, 1.54) is 12.1 Å². The van der Waals surface area contributed by atoms with Crippen LogP contribution in [0.3, 0.4) is 0 Å². The highest BCUT2D eigenvalue weighted by atomic mass is 35.5. The molecule has 4 aromatic rings. The second kappa shape index (κ2) is 11.4. The average molecular weight is 552 g/mol. The highest BCUT2D eigenvalue weighted by Gasteiger charge is 2.20. The molecular weight excluding hydrogens is 530 g/mol. The normalized spacial score (nSPS) is 11.8. The molecule has 1 N–H and O–H groups in total. The maximum Gasteiger partial charge on any atom is 0.336 e. The number of nitro benzene ring substituents is 1. The summed E-state index contributed by atoms with van der Waals surface area (Å²) < 4.78 is 23.5. The number of fused-ring (bicyclic) bond motifs is 1. The number of hydrogen-bond acceptors (Lipinski definition) is 9. The Kier molecular flexibility index (Phi) is 7.57. The van der Waals surface area contributed by atoms with E-state index >= 15 is 0 Å². The fourth-order valence-corrected chi connectivity index (χ4v) is 3.96. The van der Waals surface area contributed by atoms with Gasteiger partial charge in [-0.25, -0.2) is 4.68 Å². The lowest BCUT2D eigenvalue weighted by atomic mass is 10.1. The summed E-state index contributed by atoms with van der Waals surface area (Å²) in [6, 6.07) is 16.3. The molecule has 0 unspecified atom stereocenters. The largest absolute Gasteiger partial charge is 0.460 e. The maximum atomic E-state index is 12.7. The molecule has 1 aromatic heterocycles. The number of nitro groups is 1. The van der Waals surface area contributed by atoms with Crippen molar-refractivity contribution < 1.29 is 28.7 Å². The van der Waals surface area contributed by atoms with Gasteiger partial charge in [-0.1, -0.05) is 11.6 Å². The van der Waals surface area contributed by atoms with E-state index in [4.69, 9.17) is 30.5 Å². The third-order valence-electron chi connectivity index (χ3n) is 5.66. The number of nitrogens with zero attached hydrogens (tertiary/aromatic N) is 4. The molecule has 0 atom stereocenters. The second-order valence-corrected chi connectivity index (χ2v) is 8.57. The summed E-state index contributed by atoms with van der Waals surface area (Å²) in [4.78, 5) is 27.8. The predicted molar refractivity (Wildman–Crippen MR) is 141 cm³/mol. The number of carbonyl (C=O) groups is 1. The molecule has 0 fully saturated rings. The van der Waals surface area contributed by atoms with E-state index in [2.05, 4.69) is 15.4 Å². The van der Waals surface area contributed by atoms with Crippen LogP contribution in [-0.4, -0.2) is 52.2 Å². The molecule has 1 aliphatic rings. The zero-order chi connectivity index (χ0) is 27.4. The van der Waals surface area contributed by atoms with Crippen LogP contribution in [0.2, 0.25) is 5.02 Å². The minimum absolute atomic E-state index is 0.0479. The van der Waals surface area contributed by atoms with Crippen molar-refractivity contribution in [3.63, 3.8) is 0 Å². The van der Waals surface area contributed by atoms with Crippen LogP contribution >= 0.6 is 11.6 Å². The van der Waals surface area contributed by atoms with E-state index in [1.807, 2.05) is 19.1 Å². The first-order chi connectivity index (χ1) is 18.9. The Morgan fingerprint density at radius 2 is 1.90 bits per heavy atom. The fourth-order valence-electron chi connectivity index (χ4n) is 3.78. The lowest BCUT2D eigenvalue weighted by molar-refractivity contribution is -0.384. The molecule has 0 radical (unpaired) electrons. The number of rotatable bonds is 10. The zero-order valence-electron chi connectivity index (χ0n) is 20.6. The zero-order valence-corrected chi connectivity index (χ0v) is 21.4. The third-order valence-corrected chi connectivity index (χ3v) is 5.98. The summed E-state index contributed by atoms with van der Waals surface area (Å²) >= 11 is 5.85. The number of anilines is 1. The first-order valence-electron chi connectivity index (χ1n) is 11.9. The summed E-state index contributed by atoms with van der Waals surface area (Å²) in [6.07, 6.45) is 0. The standard InChI is InChI=1S/C26H22ClN5O7/c1-2-36-11-12-37-26-29-24(16-4-10-22-23(14-16)39-15-38-22)31(30-26)19-7-5-18(6-8-19)28-25(33)17-3-9-20(27)21(13-17)32(34)35/h3-10,13-14H,2,11-12,15H2,1H3,(H,28,33). The highest BCUT2D eigenvalue weighted by Crippen LogP contribution is 2.36. The van der Waals surface area contributed by atoms with Crippen LogP contribution in [0.5, 0.6) is 17.5 Å². The predicted octanol–water partition coefficient (Wildman–Crippen LogP) is 4.89. The Morgan fingerprint density at radius 1 is 1.10 bits per heavy atom. The lowest BCUT2D eigenvalue weighted by Gasteiger charge is -2.09. The molecular formula is C26H22ClN5O7. The van der Waals surface area contributed by atoms with Crippen LogP contribution in [0.25, 0.3) is 17.1 Å². The molecule has 200 valence electrons. The molecule has 3 aromatic carbocycles. The summed E-state index contributed by atoms with van der Waals surface area (Å²) in [7, 11) is 0. The Bertz CT molecular complexity index is 1520. The number of halogens is 1. The van der Waals surface area contributed by atoms with Crippen molar-refractivity contribution in [2.24, 2.45) is 0 Å². The summed E-state index contributed by atoms with van der Waals surface area (Å²) in [6.45, 7) is 3.30. The highest BCUT2D eigenvalue weighted by molar-refractivity contribution is 6.32. The molecule has 0 spiro atoms. The van der Waals surface area contributed by atoms with Crippen molar-refractivity contribution >= 4 is 28.9 Å². The van der Waals surface area contributed by atoms with Gasteiger partial charge in [0.25, 0.3) is 11.6 Å². The first-order valence-corrected chi connectivity index (χ1v) is 12.2. The van der Waals surface area contributed by atoms with E-state index in [1.54, 1.807) is 35.0 Å². The van der Waals surface area contributed by atoms with Crippen LogP contribution in [0.4, 0.5) is 11.4 Å². The van der Waals surface area contributed by atoms with Crippen LogP contribution in [0.1, 0.15) is 17.3 Å². The molecule has 12 nitrogen and oxygen atoms in total. The van der Waals surface area contributed by atoms with Crippen molar-refractivity contribution in [2.45, 2.75) is 6.92 Å². The fraction of sp³-hybridized carbons (Fsp3) is 0.192. The van der Waals surface area contributed by atoms with E-state index < -0.39 is 10.8 Å². The van der Waals surface area contributed by atoms with Crippen LogP contribution in [-0.2, 0) is 4.74 Å². The van der Waals surface area contributed by atoms with Crippen molar-refractivity contribution in [1.82, 2.24) is 14.8 Å². The van der Waals surface area contributed by atoms with E-state index in [9.17, 15) is 14.9 Å². The van der Waals surface area contributed by atoms with Gasteiger partial charge in [0.15, 0.2) is 17.3 Å². The third kappa shape index (κ3) is 5.76. The van der Waals surface area contributed by atoms with Crippen molar-refractivity contribution in [3.8, 4) is 34.6 Å². The Morgan fingerprint density at radius 3 is 2.67 bits per heavy atom. The van der Waals surface area contributed by atoms with E-state index in [-0.39, 0.29) is 35.7 Å². The molecule has 5 rings (SSSR count). The molecule has 0 bridgehead atoms. The van der Waals surface area contributed by atoms with Crippen LogP contribution in [0.15, 0.2) is 60.7 Å². The summed E-state index contributed by atoms with van der Waals surface area (Å²) in [5, 5.41) is 18.3. The number of carbonyl (C=O) groups excluding carboxylic acids is 1. The van der Waals surface area contributed by atoms with Gasteiger partial charge in [0, 0.05) is 29.5 Å². The summed E-state index contributed by atoms with van der Waals surface area (Å²) in [5.41, 5.74) is 1.61. The maximum absolute atomic E-state index is 12.7. The monoisotopic (exact) mass is 551 g/mol. The van der Waals surface area contributed by atoms with E-state index in [0.29, 0.717) is 41.9 Å². The van der Waals surface area contributed by atoms with Crippen molar-refractivity contribution in [2.75, 3.05) is 31.9 Å². The van der Waals surface area contributed by atoms with Crippen LogP contribution < -0.4 is 19.5 Å². The lowest BCUT2D eigenvalue weighted by Crippen LogP contribution is -2.12. The van der Waals surface area contributed by atoms with E-state index in [0.717, 1.165) is 11.6 Å². The van der Waals surface area contributed by atoms with Gasteiger partial charge in [-0.15, -0.1) is 5.10 Å². The quantitative estimate of drug-likeness (QED) is 0.166. The van der Waals surface area contributed by atoms with Gasteiger partial charge < -0.3 is 24.3 Å². The van der Waals surface area contributed by atoms with Crippen molar-refractivity contribution in [1.29, 1.82) is 0 Å². The molecule has 2 heterocycles. The topological polar surface area (TPSA) is 140 Å². The van der Waals surface area contributed by atoms with Gasteiger partial charge in [-0.05, 0) is 61.5 Å². The number of nitrogens with one attached hydrogen (secondary N) is 1. The number of amides is 1. The molecule has 0 aliphatic carbocycles. The molecule has 1 amide bonds. The average Bonchev–Trinajstić information content (AvgIpc) is 3.58. The minimum atomic E-state index is -0.640. The van der Waals surface area contributed by atoms with Gasteiger partial charge in [-0.3, -0.25) is 14.9 Å². The van der Waals surface area contributed by atoms with Gasteiger partial charge in [0.2, 0.25) is 6.79 Å². The molecule has 39 heavy (non-hydrogen) atoms. The Hall–Kier alpha value is -4.68. The molecule has 0 saturated heterocycles. The summed E-state index contributed by atoms with van der Waals surface area (Å²) in [5.74, 6) is 1.23. The van der Waals surface area contributed by atoms with Gasteiger partial charge in [0.1, 0.15) is 11.6 Å². The molecule has 13 heteroatoms. The molecule has 0 saturated carbocycles. The Labute approximate surface area is 227 Å². The number of ether oxygens (including phenoxy) is 4.